The minimum absolute atomic E-state index is 0.168. The Morgan fingerprint density at radius 2 is 1.75 bits per heavy atom. The molecule has 1 amide bonds. The minimum Gasteiger partial charge on any atom is -0.493 e. The highest BCUT2D eigenvalue weighted by atomic mass is 16.5. The van der Waals surface area contributed by atoms with Crippen molar-refractivity contribution in [3.05, 3.63) is 12.1 Å². The standard InChI is InChI=1S/C20H30N2O6/c1-5-28-19(24)8-9-22(12-14-6-7-14)13-18(23)21-15-10-16(25-2)20(27-4)17(11-15)26-3/h10-11,14H,5-9,12-13H2,1-4H3,(H,21,23). The van der Waals surface area contributed by atoms with Gasteiger partial charge >= 0.3 is 5.97 Å². The monoisotopic (exact) mass is 394 g/mol. The van der Waals surface area contributed by atoms with E-state index < -0.39 is 0 Å². The maximum atomic E-state index is 12.6. The van der Waals surface area contributed by atoms with Crippen molar-refractivity contribution in [2.45, 2.75) is 26.2 Å². The molecular formula is C20H30N2O6. The summed E-state index contributed by atoms with van der Waals surface area (Å²) in [5.74, 6) is 1.60. The highest BCUT2D eigenvalue weighted by Crippen LogP contribution is 2.39. The SMILES string of the molecule is CCOC(=O)CCN(CC(=O)Nc1cc(OC)c(OC)c(OC)c1)CC1CC1. The van der Waals surface area contributed by atoms with E-state index in [-0.39, 0.29) is 24.8 Å². The number of amides is 1. The van der Waals surface area contributed by atoms with Gasteiger partial charge in [-0.25, -0.2) is 0 Å². The Labute approximate surface area is 166 Å². The van der Waals surface area contributed by atoms with E-state index in [1.807, 2.05) is 4.90 Å². The van der Waals surface area contributed by atoms with Crippen LogP contribution in [0.4, 0.5) is 5.69 Å². The number of carbonyl (C=O) groups is 2. The topological polar surface area (TPSA) is 86.3 Å². The van der Waals surface area contributed by atoms with Crippen LogP contribution in [0.1, 0.15) is 26.2 Å². The largest absolute Gasteiger partial charge is 0.493 e. The third-order valence-corrected chi connectivity index (χ3v) is 4.47. The predicted molar refractivity (Wildman–Crippen MR) is 105 cm³/mol. The van der Waals surface area contributed by atoms with Crippen molar-refractivity contribution >= 4 is 17.6 Å². The van der Waals surface area contributed by atoms with E-state index >= 15 is 0 Å². The average Bonchev–Trinajstić information content (AvgIpc) is 3.49. The second-order valence-corrected chi connectivity index (χ2v) is 6.70. The number of hydrogen-bond acceptors (Lipinski definition) is 7. The zero-order valence-corrected chi connectivity index (χ0v) is 17.1. The second kappa shape index (κ2) is 10.8. The molecule has 0 spiro atoms. The number of benzene rings is 1. The Balaban J connectivity index is 2.00. The van der Waals surface area contributed by atoms with Crippen LogP contribution in [0.2, 0.25) is 0 Å². The lowest BCUT2D eigenvalue weighted by Gasteiger charge is -2.21. The molecule has 0 aliphatic heterocycles. The highest BCUT2D eigenvalue weighted by Gasteiger charge is 2.26. The fourth-order valence-corrected chi connectivity index (χ4v) is 2.94. The maximum absolute atomic E-state index is 12.6. The van der Waals surface area contributed by atoms with E-state index in [0.29, 0.717) is 42.0 Å². The molecule has 0 radical (unpaired) electrons. The summed E-state index contributed by atoms with van der Waals surface area (Å²) >= 11 is 0. The summed E-state index contributed by atoms with van der Waals surface area (Å²) in [5, 5.41) is 2.87. The van der Waals surface area contributed by atoms with Gasteiger partial charge in [0, 0.05) is 30.9 Å². The number of ether oxygens (including phenoxy) is 4. The molecule has 8 heteroatoms. The molecular weight excluding hydrogens is 364 g/mol. The fraction of sp³-hybridized carbons (Fsp3) is 0.600. The van der Waals surface area contributed by atoms with Crippen LogP contribution >= 0.6 is 0 Å². The minimum atomic E-state index is -0.242. The molecule has 1 aliphatic carbocycles. The van der Waals surface area contributed by atoms with Gasteiger partial charge in [-0.05, 0) is 25.7 Å². The first-order valence-corrected chi connectivity index (χ1v) is 9.48. The van der Waals surface area contributed by atoms with Crippen LogP contribution in [-0.2, 0) is 14.3 Å². The quantitative estimate of drug-likeness (QED) is 0.545. The summed E-state index contributed by atoms with van der Waals surface area (Å²) in [5.41, 5.74) is 0.552. The lowest BCUT2D eigenvalue weighted by molar-refractivity contribution is -0.143. The van der Waals surface area contributed by atoms with Gasteiger partial charge in [-0.1, -0.05) is 0 Å². The summed E-state index contributed by atoms with van der Waals surface area (Å²) in [6, 6.07) is 3.37. The van der Waals surface area contributed by atoms with Crippen molar-refractivity contribution in [3.63, 3.8) is 0 Å². The van der Waals surface area contributed by atoms with Crippen LogP contribution in [0.5, 0.6) is 17.2 Å². The molecule has 0 saturated heterocycles. The van der Waals surface area contributed by atoms with Gasteiger partial charge in [-0.3, -0.25) is 14.5 Å². The molecule has 156 valence electrons. The molecule has 1 aromatic carbocycles. The van der Waals surface area contributed by atoms with Crippen molar-refractivity contribution in [2.24, 2.45) is 5.92 Å². The number of nitrogens with one attached hydrogen (secondary N) is 1. The van der Waals surface area contributed by atoms with Crippen molar-refractivity contribution in [2.75, 3.05) is 52.9 Å². The van der Waals surface area contributed by atoms with Gasteiger partial charge in [-0.15, -0.1) is 0 Å². The molecule has 0 unspecified atom stereocenters. The second-order valence-electron chi connectivity index (χ2n) is 6.70. The fourth-order valence-electron chi connectivity index (χ4n) is 2.94. The zero-order valence-electron chi connectivity index (χ0n) is 17.1. The van der Waals surface area contributed by atoms with Crippen molar-refractivity contribution in [1.82, 2.24) is 4.90 Å². The lowest BCUT2D eigenvalue weighted by Crippen LogP contribution is -2.36. The van der Waals surface area contributed by atoms with Gasteiger partial charge in [-0.2, -0.15) is 0 Å². The lowest BCUT2D eigenvalue weighted by atomic mass is 10.2. The van der Waals surface area contributed by atoms with Gasteiger partial charge in [0.1, 0.15) is 0 Å². The van der Waals surface area contributed by atoms with Crippen LogP contribution in [0, 0.1) is 5.92 Å². The molecule has 1 aliphatic rings. The number of rotatable bonds is 12. The molecule has 8 nitrogen and oxygen atoms in total. The number of nitrogens with zero attached hydrogens (tertiary/aromatic N) is 1. The molecule has 0 atom stereocenters. The summed E-state index contributed by atoms with van der Waals surface area (Å²) in [6.07, 6.45) is 2.62. The van der Waals surface area contributed by atoms with Gasteiger partial charge in [0.2, 0.25) is 11.7 Å². The number of carbonyl (C=O) groups excluding carboxylic acids is 2. The molecule has 1 aromatic rings. The Morgan fingerprint density at radius 1 is 1.11 bits per heavy atom. The predicted octanol–water partition coefficient (Wildman–Crippen LogP) is 2.32. The first-order valence-electron chi connectivity index (χ1n) is 9.48. The van der Waals surface area contributed by atoms with E-state index in [1.54, 1.807) is 19.1 Å². The summed E-state index contributed by atoms with van der Waals surface area (Å²) in [4.78, 5) is 26.2. The summed E-state index contributed by atoms with van der Waals surface area (Å²) < 4.78 is 20.9. The molecule has 1 saturated carbocycles. The molecule has 0 aromatic heterocycles. The Morgan fingerprint density at radius 3 is 2.25 bits per heavy atom. The van der Waals surface area contributed by atoms with Crippen LogP contribution in [0.3, 0.4) is 0 Å². The van der Waals surface area contributed by atoms with Crippen molar-refractivity contribution < 1.29 is 28.5 Å². The number of hydrogen-bond donors (Lipinski definition) is 1. The normalized spacial score (nSPS) is 13.2. The Kier molecular flexibility index (Phi) is 8.38. The smallest absolute Gasteiger partial charge is 0.307 e. The van der Waals surface area contributed by atoms with Crippen molar-refractivity contribution in [1.29, 1.82) is 0 Å². The average molecular weight is 394 g/mol. The van der Waals surface area contributed by atoms with Crippen LogP contribution in [-0.4, -0.2) is 64.3 Å². The third kappa shape index (κ3) is 6.60. The van der Waals surface area contributed by atoms with Crippen LogP contribution in [0.15, 0.2) is 12.1 Å². The van der Waals surface area contributed by atoms with Gasteiger partial charge in [0.05, 0.1) is 40.9 Å². The summed E-state index contributed by atoms with van der Waals surface area (Å²) in [6.45, 7) is 3.65. The molecule has 1 fully saturated rings. The van der Waals surface area contributed by atoms with E-state index in [4.69, 9.17) is 18.9 Å². The van der Waals surface area contributed by atoms with Gasteiger partial charge in [0.25, 0.3) is 0 Å². The number of anilines is 1. The number of methoxy groups -OCH3 is 3. The molecule has 2 rings (SSSR count). The van der Waals surface area contributed by atoms with Crippen LogP contribution in [0.25, 0.3) is 0 Å². The van der Waals surface area contributed by atoms with E-state index in [0.717, 1.165) is 6.54 Å². The van der Waals surface area contributed by atoms with Gasteiger partial charge < -0.3 is 24.3 Å². The van der Waals surface area contributed by atoms with E-state index in [1.165, 1.54) is 34.2 Å². The molecule has 28 heavy (non-hydrogen) atoms. The molecule has 0 heterocycles. The summed E-state index contributed by atoms with van der Waals surface area (Å²) in [7, 11) is 4.57. The molecule has 0 bridgehead atoms. The highest BCUT2D eigenvalue weighted by molar-refractivity contribution is 5.93. The zero-order chi connectivity index (χ0) is 20.5. The van der Waals surface area contributed by atoms with Crippen molar-refractivity contribution in [3.8, 4) is 17.2 Å². The Bertz CT molecular complexity index is 650. The van der Waals surface area contributed by atoms with Gasteiger partial charge in [0.15, 0.2) is 11.5 Å². The first-order chi connectivity index (χ1) is 13.5. The third-order valence-electron chi connectivity index (χ3n) is 4.47. The molecule has 1 N–H and O–H groups in total. The Hall–Kier alpha value is -2.48. The van der Waals surface area contributed by atoms with Crippen LogP contribution < -0.4 is 19.5 Å². The van der Waals surface area contributed by atoms with E-state index in [9.17, 15) is 9.59 Å². The number of esters is 1. The first kappa shape index (κ1) is 21.8. The maximum Gasteiger partial charge on any atom is 0.307 e. The van der Waals surface area contributed by atoms with E-state index in [2.05, 4.69) is 5.32 Å².